The van der Waals surface area contributed by atoms with Gasteiger partial charge in [0.05, 0.1) is 16.9 Å². The van der Waals surface area contributed by atoms with Crippen LogP contribution in [-0.2, 0) is 16.4 Å². The van der Waals surface area contributed by atoms with Gasteiger partial charge in [-0.05, 0) is 30.5 Å². The van der Waals surface area contributed by atoms with Crippen LogP contribution in [0, 0.1) is 17.0 Å². The van der Waals surface area contributed by atoms with Gasteiger partial charge in [0, 0.05) is 18.7 Å². The van der Waals surface area contributed by atoms with Crippen LogP contribution in [0.3, 0.4) is 0 Å². The second kappa shape index (κ2) is 7.41. The molecule has 2 aromatic carbocycles. The molecule has 0 aliphatic rings. The summed E-state index contributed by atoms with van der Waals surface area (Å²) < 4.78 is 32.5. The molecular formula is C16H18N2O5S. The number of non-ortho nitro benzene ring substituents is 1. The predicted octanol–water partition coefficient (Wildman–Crippen LogP) is 2.43. The highest BCUT2D eigenvalue weighted by molar-refractivity contribution is 7.89. The number of benzene rings is 2. The highest BCUT2D eigenvalue weighted by Gasteiger charge is 2.20. The van der Waals surface area contributed by atoms with Gasteiger partial charge in [-0.2, -0.15) is 0 Å². The van der Waals surface area contributed by atoms with E-state index in [2.05, 4.69) is 4.72 Å². The molecule has 0 spiro atoms. The Kier molecular flexibility index (Phi) is 5.53. The van der Waals surface area contributed by atoms with Crippen molar-refractivity contribution in [3.8, 4) is 5.75 Å². The van der Waals surface area contributed by atoms with E-state index in [4.69, 9.17) is 4.74 Å². The smallest absolute Gasteiger partial charge is 0.270 e. The molecule has 2 aromatic rings. The molecule has 0 unspecified atom stereocenters. The first-order valence-electron chi connectivity index (χ1n) is 7.22. The Morgan fingerprint density at radius 3 is 2.58 bits per heavy atom. The molecule has 2 rings (SSSR count). The molecule has 24 heavy (non-hydrogen) atoms. The standard InChI is InChI=1S/C16H18N2O5S/c1-12-7-8-14(18(19)20)11-16(12)24(21,22)17-10-9-13-5-3-4-6-15(13)23-2/h3-8,11,17H,9-10H2,1-2H3. The molecule has 0 aromatic heterocycles. The van der Waals surface area contributed by atoms with E-state index in [9.17, 15) is 18.5 Å². The molecule has 0 fully saturated rings. The van der Waals surface area contributed by atoms with Gasteiger partial charge in [0.15, 0.2) is 0 Å². The summed E-state index contributed by atoms with van der Waals surface area (Å²) in [6.45, 7) is 1.75. The summed E-state index contributed by atoms with van der Waals surface area (Å²) in [5.41, 5.74) is 1.06. The lowest BCUT2D eigenvalue weighted by atomic mass is 10.1. The maximum absolute atomic E-state index is 12.4. The lowest BCUT2D eigenvalue weighted by Crippen LogP contribution is -2.26. The van der Waals surface area contributed by atoms with Crippen molar-refractivity contribution in [2.24, 2.45) is 0 Å². The topological polar surface area (TPSA) is 98.5 Å². The van der Waals surface area contributed by atoms with Gasteiger partial charge in [-0.25, -0.2) is 13.1 Å². The number of nitro groups is 1. The number of methoxy groups -OCH3 is 1. The molecule has 0 bridgehead atoms. The fraction of sp³-hybridized carbons (Fsp3) is 0.250. The summed E-state index contributed by atoms with van der Waals surface area (Å²) in [4.78, 5) is 10.1. The van der Waals surface area contributed by atoms with Crippen molar-refractivity contribution < 1.29 is 18.1 Å². The quantitative estimate of drug-likeness (QED) is 0.611. The lowest BCUT2D eigenvalue weighted by Gasteiger charge is -2.11. The normalized spacial score (nSPS) is 11.2. The number of nitrogens with one attached hydrogen (secondary N) is 1. The van der Waals surface area contributed by atoms with Crippen molar-refractivity contribution in [2.75, 3.05) is 13.7 Å². The van der Waals surface area contributed by atoms with Crippen LogP contribution in [0.15, 0.2) is 47.4 Å². The number of nitrogens with zero attached hydrogens (tertiary/aromatic N) is 1. The van der Waals surface area contributed by atoms with Crippen molar-refractivity contribution in [3.63, 3.8) is 0 Å². The Morgan fingerprint density at radius 2 is 1.92 bits per heavy atom. The maximum Gasteiger partial charge on any atom is 0.270 e. The Hall–Kier alpha value is -2.45. The Labute approximate surface area is 140 Å². The molecule has 0 amide bonds. The van der Waals surface area contributed by atoms with E-state index in [0.29, 0.717) is 17.7 Å². The molecule has 8 heteroatoms. The van der Waals surface area contributed by atoms with E-state index < -0.39 is 14.9 Å². The molecule has 0 aliphatic heterocycles. The van der Waals surface area contributed by atoms with Crippen molar-refractivity contribution in [1.82, 2.24) is 4.72 Å². The maximum atomic E-state index is 12.4. The fourth-order valence-electron chi connectivity index (χ4n) is 2.30. The number of nitro benzene ring substituents is 1. The van der Waals surface area contributed by atoms with Crippen LogP contribution in [0.1, 0.15) is 11.1 Å². The minimum atomic E-state index is -3.83. The minimum absolute atomic E-state index is 0.0864. The van der Waals surface area contributed by atoms with Crippen LogP contribution in [0.2, 0.25) is 0 Å². The summed E-state index contributed by atoms with van der Waals surface area (Å²) in [5, 5.41) is 10.8. The largest absolute Gasteiger partial charge is 0.496 e. The van der Waals surface area contributed by atoms with Crippen LogP contribution >= 0.6 is 0 Å². The molecule has 0 atom stereocenters. The van der Waals surface area contributed by atoms with Crippen molar-refractivity contribution in [2.45, 2.75) is 18.2 Å². The number of ether oxygens (including phenoxy) is 1. The van der Waals surface area contributed by atoms with Gasteiger partial charge < -0.3 is 4.74 Å². The third-order valence-electron chi connectivity index (χ3n) is 3.55. The first-order chi connectivity index (χ1) is 11.3. The summed E-state index contributed by atoms with van der Waals surface area (Å²) in [6.07, 6.45) is 0.442. The summed E-state index contributed by atoms with van der Waals surface area (Å²) in [7, 11) is -2.28. The zero-order valence-electron chi connectivity index (χ0n) is 13.4. The third-order valence-corrected chi connectivity index (χ3v) is 5.15. The summed E-state index contributed by atoms with van der Waals surface area (Å²) in [6, 6.07) is 11.1. The highest BCUT2D eigenvalue weighted by Crippen LogP contribution is 2.22. The van der Waals surface area contributed by atoms with Crippen LogP contribution in [0.4, 0.5) is 5.69 Å². The molecule has 7 nitrogen and oxygen atoms in total. The van der Waals surface area contributed by atoms with E-state index in [1.54, 1.807) is 20.1 Å². The first-order valence-corrected chi connectivity index (χ1v) is 8.70. The summed E-state index contributed by atoms with van der Waals surface area (Å²) >= 11 is 0. The molecule has 0 heterocycles. The molecule has 1 N–H and O–H groups in total. The van der Waals surface area contributed by atoms with Crippen LogP contribution < -0.4 is 9.46 Å². The molecule has 0 radical (unpaired) electrons. The zero-order chi connectivity index (χ0) is 17.7. The van der Waals surface area contributed by atoms with E-state index in [-0.39, 0.29) is 17.1 Å². The minimum Gasteiger partial charge on any atom is -0.496 e. The van der Waals surface area contributed by atoms with E-state index in [0.717, 1.165) is 11.6 Å². The van der Waals surface area contributed by atoms with Crippen LogP contribution in [-0.4, -0.2) is 27.0 Å². The number of para-hydroxylation sites is 1. The lowest BCUT2D eigenvalue weighted by molar-refractivity contribution is -0.385. The van der Waals surface area contributed by atoms with Gasteiger partial charge in [0.1, 0.15) is 5.75 Å². The van der Waals surface area contributed by atoms with Crippen molar-refractivity contribution in [1.29, 1.82) is 0 Å². The Bertz CT molecular complexity index is 849. The number of hydrogen-bond acceptors (Lipinski definition) is 5. The Balaban J connectivity index is 2.14. The SMILES string of the molecule is COc1ccccc1CCNS(=O)(=O)c1cc([N+](=O)[O-])ccc1C. The molecule has 0 saturated carbocycles. The zero-order valence-corrected chi connectivity index (χ0v) is 14.2. The molecule has 0 saturated heterocycles. The van der Waals surface area contributed by atoms with Crippen molar-refractivity contribution in [3.05, 3.63) is 63.7 Å². The van der Waals surface area contributed by atoms with Gasteiger partial charge in [-0.15, -0.1) is 0 Å². The average Bonchev–Trinajstić information content (AvgIpc) is 2.55. The van der Waals surface area contributed by atoms with E-state index >= 15 is 0 Å². The van der Waals surface area contributed by atoms with Crippen LogP contribution in [0.5, 0.6) is 5.75 Å². The third kappa shape index (κ3) is 4.09. The average molecular weight is 350 g/mol. The second-order valence-corrected chi connectivity index (χ2v) is 6.90. The first kappa shape index (κ1) is 17.9. The Morgan fingerprint density at radius 1 is 1.21 bits per heavy atom. The molecular weight excluding hydrogens is 332 g/mol. The van der Waals surface area contributed by atoms with Crippen molar-refractivity contribution >= 4 is 15.7 Å². The monoisotopic (exact) mass is 350 g/mol. The predicted molar refractivity (Wildman–Crippen MR) is 89.7 cm³/mol. The van der Waals surface area contributed by atoms with E-state index in [1.807, 2.05) is 18.2 Å². The van der Waals surface area contributed by atoms with Gasteiger partial charge >= 0.3 is 0 Å². The molecule has 0 aliphatic carbocycles. The summed E-state index contributed by atoms with van der Waals surface area (Å²) in [5.74, 6) is 0.684. The molecule has 128 valence electrons. The van der Waals surface area contributed by atoms with Gasteiger partial charge in [0.25, 0.3) is 5.69 Å². The fourth-order valence-corrected chi connectivity index (χ4v) is 3.59. The van der Waals surface area contributed by atoms with Gasteiger partial charge in [-0.3, -0.25) is 10.1 Å². The van der Waals surface area contributed by atoms with Crippen LogP contribution in [0.25, 0.3) is 0 Å². The highest BCUT2D eigenvalue weighted by atomic mass is 32.2. The number of hydrogen-bond donors (Lipinski definition) is 1. The second-order valence-electron chi connectivity index (χ2n) is 5.17. The number of rotatable bonds is 7. The number of sulfonamides is 1. The van der Waals surface area contributed by atoms with E-state index in [1.165, 1.54) is 12.1 Å². The number of aryl methyl sites for hydroxylation is 1. The van der Waals surface area contributed by atoms with Gasteiger partial charge in [-0.1, -0.05) is 24.3 Å². The van der Waals surface area contributed by atoms with Gasteiger partial charge in [0.2, 0.25) is 10.0 Å².